The van der Waals surface area contributed by atoms with Crippen molar-refractivity contribution in [2.24, 2.45) is 5.16 Å². The molecule has 1 aromatic heterocycles. The number of ether oxygens (including phenoxy) is 1. The summed E-state index contributed by atoms with van der Waals surface area (Å²) in [6.07, 6.45) is 2.52. The third-order valence-corrected chi connectivity index (χ3v) is 4.83. The Kier molecular flexibility index (Phi) is 6.12. The largest absolute Gasteiger partial charge is 0.435 e. The lowest BCUT2D eigenvalue weighted by atomic mass is 10.2. The maximum absolute atomic E-state index is 12.5. The van der Waals surface area contributed by atoms with Gasteiger partial charge in [0.05, 0.1) is 11.1 Å². The van der Waals surface area contributed by atoms with Gasteiger partial charge in [-0.3, -0.25) is 4.79 Å². The number of carbonyl (C=O) groups excluding carboxylic acids is 2. The second-order valence-electron chi connectivity index (χ2n) is 5.73. The Balaban J connectivity index is 1.56. The summed E-state index contributed by atoms with van der Waals surface area (Å²) in [7, 11) is 0. The number of oxime groups is 1. The highest BCUT2D eigenvalue weighted by Gasteiger charge is 2.36. The standard InChI is InChI=1S/C18H16F2N2O4S/c19-18(20)25-13-7-5-12(6-8-13)11-21-26-17(24)14-3-1-9-22(14)16(23)15-4-2-10-27-15/h2,4-8,10-11,14,18H,1,3,9H2. The molecule has 0 saturated carbocycles. The van der Waals surface area contributed by atoms with Crippen molar-refractivity contribution in [3.05, 3.63) is 52.2 Å². The quantitative estimate of drug-likeness (QED) is 0.427. The number of thiophene rings is 1. The molecule has 3 rings (SSSR count). The number of amides is 1. The Morgan fingerprint density at radius 1 is 1.26 bits per heavy atom. The lowest BCUT2D eigenvalue weighted by Crippen LogP contribution is -2.40. The van der Waals surface area contributed by atoms with E-state index in [2.05, 4.69) is 9.89 Å². The highest BCUT2D eigenvalue weighted by molar-refractivity contribution is 7.12. The maximum Gasteiger partial charge on any atom is 0.387 e. The summed E-state index contributed by atoms with van der Waals surface area (Å²) in [5.74, 6) is -0.776. The third-order valence-electron chi connectivity index (χ3n) is 3.97. The van der Waals surface area contributed by atoms with E-state index in [1.54, 1.807) is 17.5 Å². The van der Waals surface area contributed by atoms with Crippen LogP contribution in [0.25, 0.3) is 0 Å². The fraction of sp³-hybridized carbons (Fsp3) is 0.278. The minimum absolute atomic E-state index is 0.0211. The molecule has 1 aliphatic rings. The molecular formula is C18H16F2N2O4S. The van der Waals surface area contributed by atoms with Crippen molar-refractivity contribution in [2.75, 3.05) is 6.54 Å². The number of nitrogens with zero attached hydrogens (tertiary/aromatic N) is 2. The molecule has 142 valence electrons. The number of halogens is 2. The molecule has 1 unspecified atom stereocenters. The molecule has 0 N–H and O–H groups in total. The topological polar surface area (TPSA) is 68.2 Å². The molecule has 0 spiro atoms. The van der Waals surface area contributed by atoms with Crippen LogP contribution in [-0.2, 0) is 9.63 Å². The molecular weight excluding hydrogens is 378 g/mol. The molecule has 1 aromatic carbocycles. The first-order valence-corrected chi connectivity index (χ1v) is 9.06. The zero-order chi connectivity index (χ0) is 19.2. The normalized spacial score (nSPS) is 16.9. The number of rotatable bonds is 6. The summed E-state index contributed by atoms with van der Waals surface area (Å²) >= 11 is 1.32. The van der Waals surface area contributed by atoms with Gasteiger partial charge >= 0.3 is 12.6 Å². The highest BCUT2D eigenvalue weighted by Crippen LogP contribution is 2.23. The van der Waals surface area contributed by atoms with E-state index in [-0.39, 0.29) is 11.7 Å². The van der Waals surface area contributed by atoms with Crippen molar-refractivity contribution in [2.45, 2.75) is 25.5 Å². The molecule has 1 saturated heterocycles. The molecule has 0 bridgehead atoms. The van der Waals surface area contributed by atoms with Crippen LogP contribution in [0, 0.1) is 0 Å². The predicted octanol–water partition coefficient (Wildman–Crippen LogP) is 3.53. The van der Waals surface area contributed by atoms with Crippen LogP contribution < -0.4 is 4.74 Å². The van der Waals surface area contributed by atoms with Gasteiger partial charge in [0.15, 0.2) is 0 Å². The van der Waals surface area contributed by atoms with Crippen LogP contribution in [-0.4, -0.2) is 42.2 Å². The Morgan fingerprint density at radius 3 is 2.70 bits per heavy atom. The van der Waals surface area contributed by atoms with Gasteiger partial charge in [0.25, 0.3) is 5.91 Å². The summed E-state index contributed by atoms with van der Waals surface area (Å²) < 4.78 is 28.5. The summed E-state index contributed by atoms with van der Waals surface area (Å²) in [5, 5.41) is 5.44. The van der Waals surface area contributed by atoms with E-state index in [4.69, 9.17) is 4.84 Å². The Labute approximate surface area is 158 Å². The van der Waals surface area contributed by atoms with Crippen LogP contribution in [0.4, 0.5) is 8.78 Å². The van der Waals surface area contributed by atoms with Gasteiger partial charge in [-0.15, -0.1) is 11.3 Å². The summed E-state index contributed by atoms with van der Waals surface area (Å²) in [5.41, 5.74) is 0.544. The number of alkyl halides is 2. The van der Waals surface area contributed by atoms with E-state index in [0.29, 0.717) is 29.8 Å². The Bertz CT molecular complexity index is 809. The number of benzene rings is 1. The van der Waals surface area contributed by atoms with Gasteiger partial charge < -0.3 is 14.5 Å². The van der Waals surface area contributed by atoms with E-state index in [1.165, 1.54) is 46.7 Å². The first-order chi connectivity index (χ1) is 13.0. The van der Waals surface area contributed by atoms with E-state index in [9.17, 15) is 18.4 Å². The van der Waals surface area contributed by atoms with Crippen LogP contribution in [0.15, 0.2) is 46.9 Å². The van der Waals surface area contributed by atoms with Gasteiger partial charge in [0.1, 0.15) is 11.8 Å². The SMILES string of the molecule is O=C(ON=Cc1ccc(OC(F)F)cc1)C1CCCN1C(=O)c1cccs1. The van der Waals surface area contributed by atoms with Crippen molar-refractivity contribution in [1.29, 1.82) is 0 Å². The average molecular weight is 394 g/mol. The van der Waals surface area contributed by atoms with Gasteiger partial charge in [0.2, 0.25) is 0 Å². The molecule has 1 aliphatic heterocycles. The fourth-order valence-electron chi connectivity index (χ4n) is 2.73. The maximum atomic E-state index is 12.5. The van der Waals surface area contributed by atoms with Gasteiger partial charge in [-0.2, -0.15) is 8.78 Å². The smallest absolute Gasteiger partial charge is 0.387 e. The van der Waals surface area contributed by atoms with Crippen LogP contribution in [0.2, 0.25) is 0 Å². The minimum Gasteiger partial charge on any atom is -0.435 e. The van der Waals surface area contributed by atoms with Gasteiger partial charge in [-0.1, -0.05) is 11.2 Å². The van der Waals surface area contributed by atoms with Crippen molar-refractivity contribution in [3.63, 3.8) is 0 Å². The van der Waals surface area contributed by atoms with E-state index >= 15 is 0 Å². The lowest BCUT2D eigenvalue weighted by Gasteiger charge is -2.21. The molecule has 1 amide bonds. The molecule has 27 heavy (non-hydrogen) atoms. The molecule has 0 radical (unpaired) electrons. The molecule has 2 aromatic rings. The van der Waals surface area contributed by atoms with Crippen LogP contribution >= 0.6 is 11.3 Å². The number of carbonyl (C=O) groups is 2. The van der Waals surface area contributed by atoms with Crippen molar-refractivity contribution in [1.82, 2.24) is 4.90 Å². The van der Waals surface area contributed by atoms with Crippen LogP contribution in [0.3, 0.4) is 0 Å². The minimum atomic E-state index is -2.89. The van der Waals surface area contributed by atoms with Crippen LogP contribution in [0.1, 0.15) is 28.1 Å². The summed E-state index contributed by atoms with van der Waals surface area (Å²) in [4.78, 5) is 31.7. The second-order valence-corrected chi connectivity index (χ2v) is 6.67. The van der Waals surface area contributed by atoms with E-state index in [1.807, 2.05) is 0 Å². The van der Waals surface area contributed by atoms with E-state index < -0.39 is 18.6 Å². The van der Waals surface area contributed by atoms with Crippen molar-refractivity contribution >= 4 is 29.4 Å². The molecule has 9 heteroatoms. The van der Waals surface area contributed by atoms with Crippen molar-refractivity contribution < 1.29 is 27.9 Å². The zero-order valence-corrected chi connectivity index (χ0v) is 14.9. The molecule has 1 fully saturated rings. The molecule has 0 aliphatic carbocycles. The van der Waals surface area contributed by atoms with E-state index in [0.717, 1.165) is 0 Å². The Morgan fingerprint density at radius 2 is 2.04 bits per heavy atom. The van der Waals surface area contributed by atoms with Gasteiger partial charge in [-0.05, 0) is 54.1 Å². The average Bonchev–Trinajstić information content (AvgIpc) is 3.34. The summed E-state index contributed by atoms with van der Waals surface area (Å²) in [6.45, 7) is -2.40. The highest BCUT2D eigenvalue weighted by atomic mass is 32.1. The molecule has 2 heterocycles. The fourth-order valence-corrected chi connectivity index (χ4v) is 3.41. The van der Waals surface area contributed by atoms with Crippen LogP contribution in [0.5, 0.6) is 5.75 Å². The van der Waals surface area contributed by atoms with Gasteiger partial charge in [0, 0.05) is 6.54 Å². The van der Waals surface area contributed by atoms with Crippen molar-refractivity contribution in [3.8, 4) is 5.75 Å². The lowest BCUT2D eigenvalue weighted by molar-refractivity contribution is -0.148. The van der Waals surface area contributed by atoms with Gasteiger partial charge in [-0.25, -0.2) is 4.79 Å². The predicted molar refractivity (Wildman–Crippen MR) is 95.1 cm³/mol. The number of likely N-dealkylation sites (tertiary alicyclic amines) is 1. The number of hydrogen-bond acceptors (Lipinski definition) is 6. The monoisotopic (exact) mass is 394 g/mol. The second kappa shape index (κ2) is 8.72. The third kappa shape index (κ3) is 4.88. The Hall–Kier alpha value is -2.81. The number of hydrogen-bond donors (Lipinski definition) is 0. The summed E-state index contributed by atoms with van der Waals surface area (Å²) in [6, 6.07) is 8.53. The first kappa shape index (κ1) is 19.0. The molecule has 6 nitrogen and oxygen atoms in total. The zero-order valence-electron chi connectivity index (χ0n) is 14.1. The molecule has 1 atom stereocenters. The first-order valence-electron chi connectivity index (χ1n) is 8.18.